The third kappa shape index (κ3) is 0.957. The molecule has 0 heterocycles. The summed E-state index contributed by atoms with van der Waals surface area (Å²) >= 11 is 16.4. The Labute approximate surface area is 68.3 Å². The zero-order chi connectivity index (χ0) is 7.28. The van der Waals surface area contributed by atoms with Crippen LogP contribution in [0.2, 0.25) is 0 Å². The zero-order valence-corrected chi connectivity index (χ0v) is 7.02. The predicted molar refractivity (Wildman–Crippen MR) is 38.0 cm³/mol. The van der Waals surface area contributed by atoms with Crippen LogP contribution in [0.3, 0.4) is 0 Å². The quantitative estimate of drug-likeness (QED) is 0.455. The maximum Gasteiger partial charge on any atom is 0.230 e. The molecule has 0 aromatic heterocycles. The first-order valence-corrected chi connectivity index (χ1v) is 3.61. The van der Waals surface area contributed by atoms with Gasteiger partial charge < -0.3 is 0 Å². The molecule has 4 heteroatoms. The Morgan fingerprint density at radius 3 is 1.89 bits per heavy atom. The minimum atomic E-state index is -0.911. The van der Waals surface area contributed by atoms with Crippen molar-refractivity contribution < 1.29 is 4.79 Å². The second kappa shape index (κ2) is 1.77. The van der Waals surface area contributed by atoms with E-state index in [1.165, 1.54) is 0 Å². The van der Waals surface area contributed by atoms with Gasteiger partial charge in [-0.15, -0.1) is 23.2 Å². The van der Waals surface area contributed by atoms with Gasteiger partial charge in [0.2, 0.25) is 5.24 Å². The lowest BCUT2D eigenvalue weighted by Crippen LogP contribution is -2.11. The average molecular weight is 187 g/mol. The fourth-order valence-corrected chi connectivity index (χ4v) is 1.64. The van der Waals surface area contributed by atoms with Crippen LogP contribution in [0.4, 0.5) is 0 Å². The van der Waals surface area contributed by atoms with Crippen molar-refractivity contribution in [1.82, 2.24) is 0 Å². The average Bonchev–Trinajstić information content (AvgIpc) is 2.08. The molecule has 0 saturated heterocycles. The molecule has 1 atom stereocenters. The molecule has 0 amide bonds. The molecule has 1 rings (SSSR count). The van der Waals surface area contributed by atoms with Gasteiger partial charge in [0.1, 0.15) is 4.33 Å². The number of carbonyl (C=O) groups is 1. The minimum Gasteiger partial charge on any atom is -0.281 e. The summed E-state index contributed by atoms with van der Waals surface area (Å²) in [5.74, 6) is 0. The van der Waals surface area contributed by atoms with Crippen molar-refractivity contribution in [1.29, 1.82) is 0 Å². The Balaban J connectivity index is 2.74. The molecular weight excluding hydrogens is 182 g/mol. The summed E-state index contributed by atoms with van der Waals surface area (Å²) in [6.45, 7) is 1.66. The maximum absolute atomic E-state index is 10.5. The number of carbonyl (C=O) groups excluding carboxylic acids is 1. The third-order valence-electron chi connectivity index (χ3n) is 1.69. The molecule has 0 unspecified atom stereocenters. The van der Waals surface area contributed by atoms with Gasteiger partial charge in [-0.3, -0.25) is 4.79 Å². The van der Waals surface area contributed by atoms with Crippen molar-refractivity contribution in [2.45, 2.75) is 17.7 Å². The van der Waals surface area contributed by atoms with Gasteiger partial charge in [0.15, 0.2) is 0 Å². The van der Waals surface area contributed by atoms with E-state index < -0.39 is 15.0 Å². The smallest absolute Gasteiger partial charge is 0.230 e. The largest absolute Gasteiger partial charge is 0.281 e. The lowest BCUT2D eigenvalue weighted by molar-refractivity contribution is -0.115. The van der Waals surface area contributed by atoms with Gasteiger partial charge in [0, 0.05) is 0 Å². The van der Waals surface area contributed by atoms with Crippen LogP contribution in [-0.4, -0.2) is 9.58 Å². The molecule has 52 valence electrons. The monoisotopic (exact) mass is 186 g/mol. The molecule has 0 aromatic carbocycles. The Hall–Kier alpha value is 0.540. The Morgan fingerprint density at radius 2 is 1.89 bits per heavy atom. The van der Waals surface area contributed by atoms with Crippen LogP contribution >= 0.6 is 34.8 Å². The molecule has 0 bridgehead atoms. The van der Waals surface area contributed by atoms with E-state index >= 15 is 0 Å². The number of hydrogen-bond donors (Lipinski definition) is 0. The van der Waals surface area contributed by atoms with Crippen molar-refractivity contribution in [2.24, 2.45) is 5.41 Å². The lowest BCUT2D eigenvalue weighted by atomic mass is 10.2. The van der Waals surface area contributed by atoms with Gasteiger partial charge in [-0.25, -0.2) is 0 Å². The fourth-order valence-electron chi connectivity index (χ4n) is 0.613. The van der Waals surface area contributed by atoms with E-state index in [9.17, 15) is 4.79 Å². The second-order valence-electron chi connectivity index (χ2n) is 2.49. The van der Waals surface area contributed by atoms with Crippen LogP contribution in [-0.2, 0) is 4.79 Å². The predicted octanol–water partition coefficient (Wildman–Crippen LogP) is 2.34. The molecule has 1 nitrogen and oxygen atoms in total. The molecule has 1 saturated carbocycles. The molecule has 0 spiro atoms. The molecule has 0 N–H and O–H groups in total. The summed E-state index contributed by atoms with van der Waals surface area (Å²) < 4.78 is -0.911. The van der Waals surface area contributed by atoms with Gasteiger partial charge in [-0.2, -0.15) is 0 Å². The first kappa shape index (κ1) is 7.64. The van der Waals surface area contributed by atoms with E-state index in [1.807, 2.05) is 0 Å². The van der Waals surface area contributed by atoms with Crippen LogP contribution in [0.25, 0.3) is 0 Å². The molecule has 1 aliphatic carbocycles. The first-order chi connectivity index (χ1) is 3.90. The standard InChI is InChI=1S/C5H5Cl3O/c1-4(3(6)9)2-5(4,7)8/h2H2,1H3/t4-/m1/s1. The van der Waals surface area contributed by atoms with Crippen LogP contribution in [0.5, 0.6) is 0 Å². The molecule has 0 aliphatic heterocycles. The number of alkyl halides is 2. The van der Waals surface area contributed by atoms with Crippen molar-refractivity contribution in [3.05, 3.63) is 0 Å². The van der Waals surface area contributed by atoms with Gasteiger partial charge in [0.05, 0.1) is 5.41 Å². The highest BCUT2D eigenvalue weighted by atomic mass is 35.5. The first-order valence-electron chi connectivity index (χ1n) is 2.48. The Morgan fingerprint density at radius 1 is 1.56 bits per heavy atom. The van der Waals surface area contributed by atoms with E-state index in [4.69, 9.17) is 34.8 Å². The van der Waals surface area contributed by atoms with Crippen molar-refractivity contribution in [3.63, 3.8) is 0 Å². The van der Waals surface area contributed by atoms with Crippen molar-refractivity contribution in [3.8, 4) is 0 Å². The van der Waals surface area contributed by atoms with E-state index in [1.54, 1.807) is 6.92 Å². The summed E-state index contributed by atoms with van der Waals surface area (Å²) in [4.78, 5) is 10.5. The second-order valence-corrected chi connectivity index (χ2v) is 4.31. The summed E-state index contributed by atoms with van der Waals surface area (Å²) in [6, 6.07) is 0. The zero-order valence-electron chi connectivity index (χ0n) is 4.75. The lowest BCUT2D eigenvalue weighted by Gasteiger charge is -2.02. The van der Waals surface area contributed by atoms with E-state index in [2.05, 4.69) is 0 Å². The molecule has 1 aliphatic rings. The van der Waals surface area contributed by atoms with Gasteiger partial charge in [-0.05, 0) is 24.9 Å². The van der Waals surface area contributed by atoms with Gasteiger partial charge in [0.25, 0.3) is 0 Å². The van der Waals surface area contributed by atoms with Crippen molar-refractivity contribution in [2.75, 3.05) is 0 Å². The highest BCUT2D eigenvalue weighted by Crippen LogP contribution is 2.64. The highest BCUT2D eigenvalue weighted by molar-refractivity contribution is 6.68. The third-order valence-corrected chi connectivity index (χ3v) is 3.21. The van der Waals surface area contributed by atoms with Crippen LogP contribution in [0.15, 0.2) is 0 Å². The molecular formula is C5H5Cl3O. The Kier molecular flexibility index (Phi) is 1.51. The number of rotatable bonds is 1. The molecule has 1 fully saturated rings. The van der Waals surface area contributed by atoms with E-state index in [-0.39, 0.29) is 0 Å². The molecule has 9 heavy (non-hydrogen) atoms. The molecule has 0 aromatic rings. The van der Waals surface area contributed by atoms with Crippen LogP contribution in [0.1, 0.15) is 13.3 Å². The highest BCUT2D eigenvalue weighted by Gasteiger charge is 2.67. The minimum absolute atomic E-state index is 0.451. The Bertz CT molecular complexity index is 166. The van der Waals surface area contributed by atoms with Gasteiger partial charge in [-0.1, -0.05) is 0 Å². The van der Waals surface area contributed by atoms with Crippen molar-refractivity contribution >= 4 is 40.0 Å². The van der Waals surface area contributed by atoms with Crippen LogP contribution in [0, 0.1) is 5.41 Å². The molecule has 0 radical (unpaired) electrons. The van der Waals surface area contributed by atoms with Crippen LogP contribution < -0.4 is 0 Å². The number of hydrogen-bond acceptors (Lipinski definition) is 1. The summed E-state index contributed by atoms with van der Waals surface area (Å²) in [6.07, 6.45) is 0.464. The maximum atomic E-state index is 10.5. The summed E-state index contributed by atoms with van der Waals surface area (Å²) in [7, 11) is 0. The SMILES string of the molecule is C[C@]1(C(=O)Cl)CC1(Cl)Cl. The van der Waals surface area contributed by atoms with Gasteiger partial charge >= 0.3 is 0 Å². The fraction of sp³-hybridized carbons (Fsp3) is 0.800. The van der Waals surface area contributed by atoms with E-state index in [0.717, 1.165) is 0 Å². The topological polar surface area (TPSA) is 17.1 Å². The summed E-state index contributed by atoms with van der Waals surface area (Å²) in [5, 5.41) is -0.451. The number of halogens is 3. The van der Waals surface area contributed by atoms with E-state index in [0.29, 0.717) is 6.42 Å². The summed E-state index contributed by atoms with van der Waals surface area (Å²) in [5.41, 5.74) is -0.697. The normalized spacial score (nSPS) is 38.2.